The smallest absolute Gasteiger partial charge is 0.409 e. The molecule has 2 fully saturated rings. The van der Waals surface area contributed by atoms with E-state index in [1.807, 2.05) is 0 Å². The zero-order valence-electron chi connectivity index (χ0n) is 15.6. The highest BCUT2D eigenvalue weighted by atomic mass is 16.6. The minimum absolute atomic E-state index is 0.0258. The fourth-order valence-corrected chi connectivity index (χ4v) is 3.93. The summed E-state index contributed by atoms with van der Waals surface area (Å²) in [6, 6.07) is 0. The van der Waals surface area contributed by atoms with Gasteiger partial charge in [0.25, 0.3) is 0 Å². The Labute approximate surface area is 153 Å². The van der Waals surface area contributed by atoms with Crippen molar-refractivity contribution in [3.05, 3.63) is 11.7 Å². The lowest BCUT2D eigenvalue weighted by Crippen LogP contribution is -2.51. The Bertz CT molecular complexity index is 631. The van der Waals surface area contributed by atoms with E-state index in [0.717, 1.165) is 32.1 Å². The maximum atomic E-state index is 12.9. The summed E-state index contributed by atoms with van der Waals surface area (Å²) in [6.45, 7) is 5.02. The van der Waals surface area contributed by atoms with E-state index in [0.29, 0.717) is 44.3 Å². The van der Waals surface area contributed by atoms with Gasteiger partial charge in [0.2, 0.25) is 11.8 Å². The fraction of sp³-hybridized carbons (Fsp3) is 0.778. The zero-order valence-corrected chi connectivity index (χ0v) is 15.6. The molecular weight excluding hydrogens is 336 g/mol. The number of likely N-dealkylation sites (tertiary alicyclic amines) is 1. The molecule has 0 aromatic carbocycles. The van der Waals surface area contributed by atoms with Crippen LogP contribution in [0.1, 0.15) is 63.6 Å². The average Bonchev–Trinajstić information content (AvgIpc) is 3.10. The summed E-state index contributed by atoms with van der Waals surface area (Å²) in [5, 5.41) is 7.34. The van der Waals surface area contributed by atoms with Crippen LogP contribution in [0.3, 0.4) is 0 Å². The van der Waals surface area contributed by atoms with E-state index in [-0.39, 0.29) is 17.9 Å². The van der Waals surface area contributed by atoms with Crippen LogP contribution in [0.2, 0.25) is 0 Å². The molecule has 8 nitrogen and oxygen atoms in total. The second kappa shape index (κ2) is 8.05. The van der Waals surface area contributed by atoms with Gasteiger partial charge in [-0.1, -0.05) is 24.4 Å². The molecule has 1 N–H and O–H groups in total. The van der Waals surface area contributed by atoms with Gasteiger partial charge in [0.1, 0.15) is 5.54 Å². The van der Waals surface area contributed by atoms with Crippen LogP contribution >= 0.6 is 0 Å². The summed E-state index contributed by atoms with van der Waals surface area (Å²) < 4.78 is 10.2. The van der Waals surface area contributed by atoms with Gasteiger partial charge in [-0.05, 0) is 32.6 Å². The first kappa shape index (κ1) is 18.7. The fourth-order valence-electron chi connectivity index (χ4n) is 3.93. The van der Waals surface area contributed by atoms with E-state index < -0.39 is 5.54 Å². The molecule has 1 aliphatic carbocycles. The topological polar surface area (TPSA) is 97.6 Å². The van der Waals surface area contributed by atoms with E-state index in [4.69, 9.17) is 9.26 Å². The Hall–Kier alpha value is -2.12. The second-order valence-electron chi connectivity index (χ2n) is 7.23. The summed E-state index contributed by atoms with van der Waals surface area (Å²) in [5.74, 6) is 1.03. The van der Waals surface area contributed by atoms with Crippen LogP contribution in [0.15, 0.2) is 4.52 Å². The molecule has 1 aliphatic heterocycles. The SMILES string of the molecule is CCOC(=O)N1CCC(C(=O)NC2(c3noc(C)n3)CCCCC2)CC1. The molecule has 3 rings (SSSR count). The summed E-state index contributed by atoms with van der Waals surface area (Å²) >= 11 is 0. The van der Waals surface area contributed by atoms with Crippen LogP contribution in [-0.4, -0.2) is 46.7 Å². The molecule has 144 valence electrons. The van der Waals surface area contributed by atoms with Crippen molar-refractivity contribution in [3.8, 4) is 0 Å². The summed E-state index contributed by atoms with van der Waals surface area (Å²) in [6.07, 6.45) is 5.89. The predicted molar refractivity (Wildman–Crippen MR) is 93.3 cm³/mol. The summed E-state index contributed by atoms with van der Waals surface area (Å²) in [5.41, 5.74) is -0.522. The molecule has 2 heterocycles. The highest BCUT2D eigenvalue weighted by molar-refractivity contribution is 5.80. The van der Waals surface area contributed by atoms with Gasteiger partial charge in [0, 0.05) is 25.9 Å². The van der Waals surface area contributed by atoms with Crippen molar-refractivity contribution in [2.75, 3.05) is 19.7 Å². The number of hydrogen-bond donors (Lipinski definition) is 1. The third kappa shape index (κ3) is 3.99. The van der Waals surface area contributed by atoms with Gasteiger partial charge in [-0.3, -0.25) is 4.79 Å². The standard InChI is InChI=1S/C18H28N4O4/c1-3-25-17(24)22-11-7-14(8-12-22)15(23)20-18(9-5-4-6-10-18)16-19-13(2)26-21-16/h14H,3-12H2,1-2H3,(H,20,23). The van der Waals surface area contributed by atoms with Gasteiger partial charge in [-0.25, -0.2) is 4.79 Å². The quantitative estimate of drug-likeness (QED) is 0.882. The Morgan fingerprint density at radius 2 is 1.96 bits per heavy atom. The monoisotopic (exact) mass is 364 g/mol. The molecule has 0 radical (unpaired) electrons. The van der Waals surface area contributed by atoms with E-state index in [2.05, 4.69) is 15.5 Å². The molecule has 1 saturated heterocycles. The highest BCUT2D eigenvalue weighted by Gasteiger charge is 2.41. The molecule has 26 heavy (non-hydrogen) atoms. The Balaban J connectivity index is 1.63. The number of aromatic nitrogens is 2. The number of hydrogen-bond acceptors (Lipinski definition) is 6. The molecule has 0 spiro atoms. The lowest BCUT2D eigenvalue weighted by Gasteiger charge is -2.38. The zero-order chi connectivity index (χ0) is 18.6. The van der Waals surface area contributed by atoms with Crippen LogP contribution in [0, 0.1) is 12.8 Å². The van der Waals surface area contributed by atoms with Crippen molar-refractivity contribution >= 4 is 12.0 Å². The van der Waals surface area contributed by atoms with Gasteiger partial charge < -0.3 is 19.5 Å². The number of nitrogens with one attached hydrogen (secondary N) is 1. The van der Waals surface area contributed by atoms with Crippen LogP contribution < -0.4 is 5.32 Å². The number of aryl methyl sites for hydroxylation is 1. The van der Waals surface area contributed by atoms with Gasteiger partial charge in [0.05, 0.1) is 6.61 Å². The van der Waals surface area contributed by atoms with E-state index in [9.17, 15) is 9.59 Å². The van der Waals surface area contributed by atoms with Gasteiger partial charge >= 0.3 is 6.09 Å². The molecule has 2 amide bonds. The minimum atomic E-state index is -0.522. The van der Waals surface area contributed by atoms with Gasteiger partial charge in [0.15, 0.2) is 5.82 Å². The lowest BCUT2D eigenvalue weighted by molar-refractivity contribution is -0.129. The largest absolute Gasteiger partial charge is 0.450 e. The first-order valence-electron chi connectivity index (χ1n) is 9.58. The Kier molecular flexibility index (Phi) is 5.78. The molecular formula is C18H28N4O4. The number of rotatable bonds is 4. The van der Waals surface area contributed by atoms with Crippen LogP contribution in [-0.2, 0) is 15.1 Å². The molecule has 1 aromatic heterocycles. The number of amides is 2. The highest BCUT2D eigenvalue weighted by Crippen LogP contribution is 2.36. The molecule has 8 heteroatoms. The molecule has 1 saturated carbocycles. The molecule has 0 atom stereocenters. The van der Waals surface area contributed by atoms with Crippen molar-refractivity contribution in [3.63, 3.8) is 0 Å². The van der Waals surface area contributed by atoms with Crippen molar-refractivity contribution in [2.24, 2.45) is 5.92 Å². The summed E-state index contributed by atoms with van der Waals surface area (Å²) in [4.78, 5) is 30.8. The third-order valence-corrected chi connectivity index (χ3v) is 5.42. The molecule has 0 unspecified atom stereocenters. The second-order valence-corrected chi connectivity index (χ2v) is 7.23. The van der Waals surface area contributed by atoms with Crippen molar-refractivity contribution in [1.29, 1.82) is 0 Å². The van der Waals surface area contributed by atoms with Crippen LogP contribution in [0.25, 0.3) is 0 Å². The first-order chi connectivity index (χ1) is 12.5. The van der Waals surface area contributed by atoms with E-state index in [1.165, 1.54) is 0 Å². The lowest BCUT2D eigenvalue weighted by atomic mass is 9.80. The molecule has 0 bridgehead atoms. The number of ether oxygens (including phenoxy) is 1. The Morgan fingerprint density at radius 3 is 2.54 bits per heavy atom. The number of carbonyl (C=O) groups is 2. The van der Waals surface area contributed by atoms with Crippen LogP contribution in [0.4, 0.5) is 4.79 Å². The maximum absolute atomic E-state index is 12.9. The first-order valence-corrected chi connectivity index (χ1v) is 9.58. The molecule has 2 aliphatic rings. The maximum Gasteiger partial charge on any atom is 0.409 e. The van der Waals surface area contributed by atoms with Crippen molar-refractivity contribution in [1.82, 2.24) is 20.4 Å². The average molecular weight is 364 g/mol. The third-order valence-electron chi connectivity index (χ3n) is 5.42. The van der Waals surface area contributed by atoms with E-state index >= 15 is 0 Å². The number of nitrogens with zero attached hydrogens (tertiary/aromatic N) is 3. The normalized spacial score (nSPS) is 20.6. The molecule has 1 aromatic rings. The van der Waals surface area contributed by atoms with Crippen molar-refractivity contribution in [2.45, 2.75) is 64.3 Å². The van der Waals surface area contributed by atoms with Crippen LogP contribution in [0.5, 0.6) is 0 Å². The van der Waals surface area contributed by atoms with Gasteiger partial charge in [-0.2, -0.15) is 4.98 Å². The Morgan fingerprint density at radius 1 is 1.27 bits per heavy atom. The van der Waals surface area contributed by atoms with Gasteiger partial charge in [-0.15, -0.1) is 0 Å². The number of piperidine rings is 1. The van der Waals surface area contributed by atoms with E-state index in [1.54, 1.807) is 18.7 Å². The minimum Gasteiger partial charge on any atom is -0.450 e. The summed E-state index contributed by atoms with van der Waals surface area (Å²) in [7, 11) is 0. The van der Waals surface area contributed by atoms with Crippen molar-refractivity contribution < 1.29 is 18.8 Å². The number of carbonyl (C=O) groups excluding carboxylic acids is 2. The predicted octanol–water partition coefficient (Wildman–Crippen LogP) is 2.52.